The Kier molecular flexibility index (Phi) is 3.59. The number of aromatic nitrogens is 2. The summed E-state index contributed by atoms with van der Waals surface area (Å²) in [4.78, 5) is 21.9. The Hall–Kier alpha value is -1.88. The van der Waals surface area contributed by atoms with Crippen LogP contribution in [0.4, 0.5) is 0 Å². The first-order chi connectivity index (χ1) is 12.2. The van der Waals surface area contributed by atoms with Crippen molar-refractivity contribution in [3.8, 4) is 0 Å². The molecule has 2 aromatic rings. The molecule has 3 fully saturated rings. The van der Waals surface area contributed by atoms with Crippen LogP contribution in [0.3, 0.4) is 0 Å². The molecule has 0 N–H and O–H groups in total. The zero-order valence-electron chi connectivity index (χ0n) is 14.9. The first kappa shape index (κ1) is 15.4. The molecular formula is C20H26N4O. The molecule has 0 aliphatic carbocycles. The zero-order valence-corrected chi connectivity index (χ0v) is 14.9. The molecule has 3 aliphatic heterocycles. The van der Waals surface area contributed by atoms with Crippen LogP contribution in [-0.2, 0) is 11.3 Å². The van der Waals surface area contributed by atoms with Crippen molar-refractivity contribution in [2.24, 2.45) is 11.8 Å². The molecular weight excluding hydrogens is 312 g/mol. The summed E-state index contributed by atoms with van der Waals surface area (Å²) in [5.41, 5.74) is 2.42. The van der Waals surface area contributed by atoms with Crippen molar-refractivity contribution in [3.05, 3.63) is 35.9 Å². The number of hydrogen-bond donors (Lipinski definition) is 0. The minimum Gasteiger partial charge on any atom is -0.339 e. The molecule has 3 atom stereocenters. The maximum atomic E-state index is 12.3. The fourth-order valence-corrected chi connectivity index (χ4v) is 5.44. The maximum Gasteiger partial charge on any atom is 0.222 e. The van der Waals surface area contributed by atoms with Crippen molar-refractivity contribution >= 4 is 11.4 Å². The predicted molar refractivity (Wildman–Crippen MR) is 96.2 cm³/mol. The van der Waals surface area contributed by atoms with Crippen molar-refractivity contribution in [3.63, 3.8) is 0 Å². The Morgan fingerprint density at radius 3 is 3.08 bits per heavy atom. The highest BCUT2D eigenvalue weighted by Crippen LogP contribution is 2.38. The van der Waals surface area contributed by atoms with Gasteiger partial charge in [-0.25, -0.2) is 4.98 Å². The number of pyridine rings is 1. The summed E-state index contributed by atoms with van der Waals surface area (Å²) in [5, 5.41) is 0. The summed E-state index contributed by atoms with van der Waals surface area (Å²) in [7, 11) is 0. The first-order valence-electron chi connectivity index (χ1n) is 9.63. The number of rotatable bonds is 2. The van der Waals surface area contributed by atoms with Crippen LogP contribution in [0.25, 0.3) is 5.52 Å². The van der Waals surface area contributed by atoms with Gasteiger partial charge < -0.3 is 9.30 Å². The number of nitrogens with zero attached hydrogens (tertiary/aromatic N) is 4. The quantitative estimate of drug-likeness (QED) is 0.845. The van der Waals surface area contributed by atoms with E-state index in [1.54, 1.807) is 0 Å². The van der Waals surface area contributed by atoms with E-state index in [0.717, 1.165) is 44.8 Å². The molecule has 25 heavy (non-hydrogen) atoms. The van der Waals surface area contributed by atoms with Crippen molar-refractivity contribution in [1.29, 1.82) is 0 Å². The second-order valence-electron chi connectivity index (χ2n) is 8.12. The second kappa shape index (κ2) is 5.84. The normalized spacial score (nSPS) is 29.9. The van der Waals surface area contributed by atoms with Gasteiger partial charge in [0.2, 0.25) is 5.91 Å². The Morgan fingerprint density at radius 1 is 1.24 bits per heavy atom. The number of aryl methyl sites for hydroxylation is 1. The Balaban J connectivity index is 1.37. The highest BCUT2D eigenvalue weighted by molar-refractivity contribution is 5.77. The summed E-state index contributed by atoms with van der Waals surface area (Å²) >= 11 is 0. The predicted octanol–water partition coefficient (Wildman–Crippen LogP) is 2.48. The van der Waals surface area contributed by atoms with E-state index >= 15 is 0 Å². The number of imidazole rings is 1. The molecule has 132 valence electrons. The molecule has 2 unspecified atom stereocenters. The fourth-order valence-electron chi connectivity index (χ4n) is 5.44. The maximum absolute atomic E-state index is 12.3. The SMILES string of the molecule is Cc1nc(CN2CC3CC(C2)[C@@H]2CCCC(=O)N2C3)c2ccccn12. The van der Waals surface area contributed by atoms with Crippen molar-refractivity contribution < 1.29 is 4.79 Å². The lowest BCUT2D eigenvalue weighted by atomic mass is 9.76. The van der Waals surface area contributed by atoms with Gasteiger partial charge in [-0.3, -0.25) is 9.69 Å². The Labute approximate surface area is 148 Å². The van der Waals surface area contributed by atoms with Crippen molar-refractivity contribution in [2.75, 3.05) is 19.6 Å². The van der Waals surface area contributed by atoms with Gasteiger partial charge in [0, 0.05) is 44.8 Å². The number of fused-ring (bicyclic) bond motifs is 5. The molecule has 2 aromatic heterocycles. The molecule has 5 heteroatoms. The molecule has 0 spiro atoms. The van der Waals surface area contributed by atoms with Gasteiger partial charge in [0.05, 0.1) is 11.2 Å². The summed E-state index contributed by atoms with van der Waals surface area (Å²) in [6.07, 6.45) is 6.43. The Morgan fingerprint density at radius 2 is 2.16 bits per heavy atom. The molecule has 3 saturated heterocycles. The van der Waals surface area contributed by atoms with Gasteiger partial charge in [0.25, 0.3) is 0 Å². The van der Waals surface area contributed by atoms with E-state index in [2.05, 4.69) is 45.5 Å². The van der Waals surface area contributed by atoms with Crippen LogP contribution in [0.5, 0.6) is 0 Å². The van der Waals surface area contributed by atoms with Gasteiger partial charge in [-0.1, -0.05) is 6.07 Å². The van der Waals surface area contributed by atoms with Gasteiger partial charge in [-0.05, 0) is 50.2 Å². The minimum atomic E-state index is 0.398. The minimum absolute atomic E-state index is 0.398. The fraction of sp³-hybridized carbons (Fsp3) is 0.600. The lowest BCUT2D eigenvalue weighted by molar-refractivity contribution is -0.145. The zero-order chi connectivity index (χ0) is 17.0. The van der Waals surface area contributed by atoms with Gasteiger partial charge in [-0.2, -0.15) is 0 Å². The van der Waals surface area contributed by atoms with Crippen molar-refractivity contribution in [1.82, 2.24) is 19.2 Å². The summed E-state index contributed by atoms with van der Waals surface area (Å²) in [5.74, 6) is 2.74. The summed E-state index contributed by atoms with van der Waals surface area (Å²) in [6, 6.07) is 6.81. The molecule has 0 aromatic carbocycles. The number of carbonyl (C=O) groups excluding carboxylic acids is 1. The highest BCUT2D eigenvalue weighted by Gasteiger charge is 2.43. The smallest absolute Gasteiger partial charge is 0.222 e. The molecule has 0 saturated carbocycles. The number of hydrogen-bond acceptors (Lipinski definition) is 3. The van der Waals surface area contributed by atoms with Crippen LogP contribution >= 0.6 is 0 Å². The molecule has 5 heterocycles. The molecule has 1 amide bonds. The average Bonchev–Trinajstić information content (AvgIpc) is 2.92. The van der Waals surface area contributed by atoms with Gasteiger partial charge >= 0.3 is 0 Å². The lowest BCUT2D eigenvalue weighted by Gasteiger charge is -2.52. The molecule has 2 bridgehead atoms. The van der Waals surface area contributed by atoms with Crippen LogP contribution < -0.4 is 0 Å². The van der Waals surface area contributed by atoms with Crippen molar-refractivity contribution in [2.45, 2.75) is 45.2 Å². The standard InChI is InChI=1S/C20H26N4O/c1-14-21-17(19-5-2-3-8-23(14)19)13-22-10-15-9-16(12-22)18-6-4-7-20(25)24(18)11-15/h2-3,5,8,15-16,18H,4,6-7,9-13H2,1H3/t15?,16?,18-/m0/s1. The second-order valence-corrected chi connectivity index (χ2v) is 8.12. The van der Waals surface area contributed by atoms with Crippen LogP contribution in [-0.4, -0.2) is 50.8 Å². The van der Waals surface area contributed by atoms with E-state index < -0.39 is 0 Å². The molecule has 5 nitrogen and oxygen atoms in total. The third-order valence-electron chi connectivity index (χ3n) is 6.43. The van der Waals surface area contributed by atoms with E-state index in [-0.39, 0.29) is 0 Å². The topological polar surface area (TPSA) is 40.9 Å². The molecule has 5 rings (SSSR count). The molecule has 0 radical (unpaired) electrons. The van der Waals surface area contributed by atoms with Gasteiger partial charge in [0.15, 0.2) is 0 Å². The van der Waals surface area contributed by atoms with E-state index in [1.807, 2.05) is 0 Å². The summed E-state index contributed by atoms with van der Waals surface area (Å²) in [6.45, 7) is 6.18. The van der Waals surface area contributed by atoms with E-state index in [9.17, 15) is 4.79 Å². The number of carbonyl (C=O) groups is 1. The van der Waals surface area contributed by atoms with Crippen LogP contribution in [0.15, 0.2) is 24.4 Å². The van der Waals surface area contributed by atoms with E-state index in [1.165, 1.54) is 24.1 Å². The lowest BCUT2D eigenvalue weighted by Crippen LogP contribution is -2.60. The number of likely N-dealkylation sites (tertiary alicyclic amines) is 1. The van der Waals surface area contributed by atoms with Crippen LogP contribution in [0, 0.1) is 18.8 Å². The Bertz CT molecular complexity index is 813. The van der Waals surface area contributed by atoms with Gasteiger partial charge in [-0.15, -0.1) is 0 Å². The first-order valence-corrected chi connectivity index (χ1v) is 9.63. The third-order valence-corrected chi connectivity index (χ3v) is 6.43. The van der Waals surface area contributed by atoms with Crippen LogP contribution in [0.2, 0.25) is 0 Å². The average molecular weight is 338 g/mol. The monoisotopic (exact) mass is 338 g/mol. The van der Waals surface area contributed by atoms with E-state index in [4.69, 9.17) is 4.98 Å². The summed E-state index contributed by atoms with van der Waals surface area (Å²) < 4.78 is 2.18. The van der Waals surface area contributed by atoms with Gasteiger partial charge in [0.1, 0.15) is 5.82 Å². The number of amides is 1. The highest BCUT2D eigenvalue weighted by atomic mass is 16.2. The number of piperidine rings is 3. The largest absolute Gasteiger partial charge is 0.339 e. The van der Waals surface area contributed by atoms with Crippen LogP contribution in [0.1, 0.15) is 37.2 Å². The van der Waals surface area contributed by atoms with E-state index in [0.29, 0.717) is 23.8 Å². The third kappa shape index (κ3) is 2.56. The molecule has 3 aliphatic rings.